The Bertz CT molecular complexity index is 1210. The zero-order chi connectivity index (χ0) is 24.6. The molecule has 0 aliphatic carbocycles. The summed E-state index contributed by atoms with van der Waals surface area (Å²) in [4.78, 5) is 2.57. The summed E-state index contributed by atoms with van der Waals surface area (Å²) in [6.45, 7) is 4.30. The second-order valence-electron chi connectivity index (χ2n) is 10.0. The Morgan fingerprint density at radius 2 is 1.56 bits per heavy atom. The van der Waals surface area contributed by atoms with E-state index in [4.69, 9.17) is 21.1 Å². The molecule has 0 N–H and O–H groups in total. The highest BCUT2D eigenvalue weighted by Gasteiger charge is 2.47. The summed E-state index contributed by atoms with van der Waals surface area (Å²) in [5.74, 6) is -0.982. The largest absolute Gasteiger partial charge is 0.343 e. The maximum atomic E-state index is 13.5. The van der Waals surface area contributed by atoms with Crippen molar-refractivity contribution in [2.75, 3.05) is 32.8 Å². The van der Waals surface area contributed by atoms with Crippen LogP contribution in [0.5, 0.6) is 0 Å². The van der Waals surface area contributed by atoms with E-state index in [0.29, 0.717) is 13.2 Å². The SMILES string of the molecule is Fc1ccc(C2(CCCN3CCC4(CC3)SC(c3ccccc3Cl)c3ccccc34)OCCO2)cc1. The van der Waals surface area contributed by atoms with E-state index in [1.807, 2.05) is 12.1 Å². The van der Waals surface area contributed by atoms with Gasteiger partial charge in [0.15, 0.2) is 5.79 Å². The summed E-state index contributed by atoms with van der Waals surface area (Å²) in [7, 11) is 0. The molecule has 0 aromatic heterocycles. The number of piperidine rings is 1. The fraction of sp³-hybridized carbons (Fsp3) is 0.400. The van der Waals surface area contributed by atoms with Crippen LogP contribution < -0.4 is 0 Å². The molecule has 3 aliphatic heterocycles. The van der Waals surface area contributed by atoms with Crippen LogP contribution >= 0.6 is 23.4 Å². The second-order valence-corrected chi connectivity index (χ2v) is 11.9. The third kappa shape index (κ3) is 4.50. The zero-order valence-corrected chi connectivity index (χ0v) is 21.9. The summed E-state index contributed by atoms with van der Waals surface area (Å²) in [5, 5.41) is 1.14. The number of ether oxygens (including phenoxy) is 2. The number of fused-ring (bicyclic) bond motifs is 2. The molecule has 0 amide bonds. The molecule has 6 heteroatoms. The molecule has 0 radical (unpaired) electrons. The summed E-state index contributed by atoms with van der Waals surface area (Å²) in [6, 6.07) is 23.8. The Balaban J connectivity index is 1.11. The number of nitrogens with zero attached hydrogens (tertiary/aromatic N) is 1. The molecule has 36 heavy (non-hydrogen) atoms. The molecular weight excluding hydrogens is 493 g/mol. The van der Waals surface area contributed by atoms with Gasteiger partial charge in [-0.05, 0) is 73.8 Å². The molecule has 0 bridgehead atoms. The van der Waals surface area contributed by atoms with Gasteiger partial charge in [-0.25, -0.2) is 4.39 Å². The van der Waals surface area contributed by atoms with Crippen molar-refractivity contribution in [2.45, 2.75) is 41.5 Å². The van der Waals surface area contributed by atoms with E-state index in [-0.39, 0.29) is 15.8 Å². The van der Waals surface area contributed by atoms with Gasteiger partial charge in [0, 0.05) is 21.8 Å². The fourth-order valence-electron chi connectivity index (χ4n) is 6.09. The number of hydrogen-bond acceptors (Lipinski definition) is 4. The highest BCUT2D eigenvalue weighted by atomic mass is 35.5. The van der Waals surface area contributed by atoms with Crippen molar-refractivity contribution in [3.63, 3.8) is 0 Å². The Labute approximate surface area is 221 Å². The first-order valence-corrected chi connectivity index (χ1v) is 14.1. The van der Waals surface area contributed by atoms with E-state index >= 15 is 0 Å². The normalized spacial score (nSPS) is 22.7. The van der Waals surface area contributed by atoms with Gasteiger partial charge in [0.2, 0.25) is 0 Å². The predicted molar refractivity (Wildman–Crippen MR) is 144 cm³/mol. The standard InChI is InChI=1S/C30H31ClFNO2S/c31-27-9-4-2-7-25(27)28-24-6-1-3-8-26(24)29(36-28)15-18-33(19-16-29)17-5-14-30(34-20-21-35-30)22-10-12-23(32)13-11-22/h1-4,6-13,28H,5,14-21H2. The molecule has 3 aromatic carbocycles. The van der Waals surface area contributed by atoms with Crippen LogP contribution in [0.2, 0.25) is 5.02 Å². The molecule has 1 unspecified atom stereocenters. The van der Waals surface area contributed by atoms with Crippen LogP contribution in [0.4, 0.5) is 4.39 Å². The number of likely N-dealkylation sites (tertiary alicyclic amines) is 1. The van der Waals surface area contributed by atoms with Gasteiger partial charge in [-0.15, -0.1) is 11.8 Å². The maximum absolute atomic E-state index is 13.5. The summed E-state index contributed by atoms with van der Waals surface area (Å²) >= 11 is 8.73. The lowest BCUT2D eigenvalue weighted by molar-refractivity contribution is -0.172. The van der Waals surface area contributed by atoms with Crippen LogP contribution in [0.25, 0.3) is 0 Å². The first kappa shape index (κ1) is 24.4. The van der Waals surface area contributed by atoms with Crippen molar-refractivity contribution in [3.05, 3.63) is 106 Å². The van der Waals surface area contributed by atoms with E-state index in [1.54, 1.807) is 12.1 Å². The topological polar surface area (TPSA) is 21.7 Å². The molecule has 3 nitrogen and oxygen atoms in total. The molecule has 2 saturated heterocycles. The molecule has 3 aromatic rings. The van der Waals surface area contributed by atoms with E-state index in [1.165, 1.54) is 28.8 Å². The van der Waals surface area contributed by atoms with Gasteiger partial charge >= 0.3 is 0 Å². The third-order valence-electron chi connectivity index (χ3n) is 7.95. The molecule has 3 heterocycles. The van der Waals surface area contributed by atoms with Crippen LogP contribution in [0.3, 0.4) is 0 Å². The average Bonchev–Trinajstić information content (AvgIpc) is 3.51. The molecule has 188 valence electrons. The Morgan fingerprint density at radius 1 is 0.889 bits per heavy atom. The van der Waals surface area contributed by atoms with Crippen LogP contribution in [-0.4, -0.2) is 37.7 Å². The van der Waals surface area contributed by atoms with Crippen LogP contribution in [-0.2, 0) is 20.0 Å². The van der Waals surface area contributed by atoms with Gasteiger partial charge in [-0.1, -0.05) is 66.2 Å². The third-order valence-corrected chi connectivity index (χ3v) is 10.1. The summed E-state index contributed by atoms with van der Waals surface area (Å²) in [5.41, 5.74) is 5.03. The van der Waals surface area contributed by atoms with Crippen LogP contribution in [0.15, 0.2) is 72.8 Å². The highest BCUT2D eigenvalue weighted by Crippen LogP contribution is 2.61. The van der Waals surface area contributed by atoms with Crippen LogP contribution in [0, 0.1) is 5.82 Å². The van der Waals surface area contributed by atoms with Gasteiger partial charge in [-0.2, -0.15) is 0 Å². The van der Waals surface area contributed by atoms with E-state index in [2.05, 4.69) is 53.1 Å². The number of thioether (sulfide) groups is 1. The van der Waals surface area contributed by atoms with Crippen molar-refractivity contribution in [3.8, 4) is 0 Å². The van der Waals surface area contributed by atoms with E-state index in [0.717, 1.165) is 55.9 Å². The van der Waals surface area contributed by atoms with Crippen molar-refractivity contribution in [1.29, 1.82) is 0 Å². The van der Waals surface area contributed by atoms with Crippen molar-refractivity contribution in [2.24, 2.45) is 0 Å². The lowest BCUT2D eigenvalue weighted by Gasteiger charge is -2.40. The average molecular weight is 524 g/mol. The second kappa shape index (κ2) is 10.1. The number of rotatable bonds is 6. The van der Waals surface area contributed by atoms with Crippen molar-refractivity contribution in [1.82, 2.24) is 4.90 Å². The Kier molecular flexibility index (Phi) is 6.87. The van der Waals surface area contributed by atoms with Crippen molar-refractivity contribution < 1.29 is 13.9 Å². The monoisotopic (exact) mass is 523 g/mol. The highest BCUT2D eigenvalue weighted by molar-refractivity contribution is 8.01. The minimum absolute atomic E-state index is 0.143. The van der Waals surface area contributed by atoms with Crippen molar-refractivity contribution >= 4 is 23.4 Å². The van der Waals surface area contributed by atoms with Crippen LogP contribution in [0.1, 0.15) is 53.2 Å². The van der Waals surface area contributed by atoms with E-state index < -0.39 is 5.79 Å². The van der Waals surface area contributed by atoms with Gasteiger partial charge in [0.1, 0.15) is 5.82 Å². The minimum Gasteiger partial charge on any atom is -0.343 e. The minimum atomic E-state index is -0.743. The van der Waals surface area contributed by atoms with Gasteiger partial charge < -0.3 is 14.4 Å². The zero-order valence-electron chi connectivity index (χ0n) is 20.3. The fourth-order valence-corrected chi connectivity index (χ4v) is 8.24. The van der Waals surface area contributed by atoms with Gasteiger partial charge in [0.05, 0.1) is 18.5 Å². The number of halogens is 2. The number of hydrogen-bond donors (Lipinski definition) is 0. The maximum Gasteiger partial charge on any atom is 0.195 e. The lowest BCUT2D eigenvalue weighted by atomic mass is 9.84. The molecule has 2 fully saturated rings. The molecule has 6 rings (SSSR count). The number of benzene rings is 3. The molecule has 1 spiro atoms. The Morgan fingerprint density at radius 3 is 2.28 bits per heavy atom. The summed E-state index contributed by atoms with van der Waals surface area (Å²) in [6.07, 6.45) is 4.00. The van der Waals surface area contributed by atoms with E-state index in [9.17, 15) is 4.39 Å². The van der Waals surface area contributed by atoms with Gasteiger partial charge in [0.25, 0.3) is 0 Å². The predicted octanol–water partition coefficient (Wildman–Crippen LogP) is 7.29. The molecule has 1 atom stereocenters. The van der Waals surface area contributed by atoms with Gasteiger partial charge in [-0.3, -0.25) is 0 Å². The lowest BCUT2D eigenvalue weighted by Crippen LogP contribution is -2.41. The first-order valence-electron chi connectivity index (χ1n) is 12.9. The first-order chi connectivity index (χ1) is 17.6. The Hall–Kier alpha value is -1.89. The smallest absolute Gasteiger partial charge is 0.195 e. The molecule has 0 saturated carbocycles. The molecular formula is C30H31ClFNO2S. The molecule has 3 aliphatic rings. The quantitative estimate of drug-likeness (QED) is 0.338. The summed E-state index contributed by atoms with van der Waals surface area (Å²) < 4.78 is 25.7.